The molecule has 0 bridgehead atoms. The van der Waals surface area contributed by atoms with Crippen molar-refractivity contribution < 1.29 is 4.57 Å². The maximum Gasteiger partial charge on any atom is 0.274 e. The molecule has 1 aromatic heterocycles. The molecule has 1 rings (SSSR count). The summed E-state index contributed by atoms with van der Waals surface area (Å²) >= 11 is 0. The highest BCUT2D eigenvalue weighted by molar-refractivity contribution is 5.08. The Labute approximate surface area is 99.5 Å². The van der Waals surface area contributed by atoms with E-state index in [1.165, 1.54) is 17.2 Å². The summed E-state index contributed by atoms with van der Waals surface area (Å²) < 4.78 is 2.26. The average Bonchev–Trinajstić information content (AvgIpc) is 2.45. The number of rotatable bonds is 3. The van der Waals surface area contributed by atoms with Crippen LogP contribution in [0.4, 0.5) is 0 Å². The molecule has 0 saturated carbocycles. The van der Waals surface area contributed by atoms with Crippen molar-refractivity contribution >= 4 is 0 Å². The first-order valence-corrected chi connectivity index (χ1v) is 5.98. The van der Waals surface area contributed by atoms with Crippen molar-refractivity contribution in [2.24, 2.45) is 7.05 Å². The second-order valence-corrected chi connectivity index (χ2v) is 5.51. The van der Waals surface area contributed by atoms with E-state index in [-0.39, 0.29) is 5.54 Å². The summed E-state index contributed by atoms with van der Waals surface area (Å²) in [6.07, 6.45) is 0. The van der Waals surface area contributed by atoms with Crippen molar-refractivity contribution in [3.8, 4) is 0 Å². The molecule has 0 spiro atoms. The molecule has 0 aliphatic rings. The molecule has 0 aliphatic heterocycles. The molecular formula is C13H26N3+. The first kappa shape index (κ1) is 13.2. The van der Waals surface area contributed by atoms with Crippen LogP contribution >= 0.6 is 0 Å². The number of nitrogens with zero attached hydrogens (tertiary/aromatic N) is 2. The summed E-state index contributed by atoms with van der Waals surface area (Å²) in [7, 11) is 4.31. The first-order chi connectivity index (χ1) is 7.19. The van der Waals surface area contributed by atoms with Gasteiger partial charge < -0.3 is 0 Å². The summed E-state index contributed by atoms with van der Waals surface area (Å²) in [5.41, 5.74) is 2.57. The van der Waals surface area contributed by atoms with E-state index in [0.29, 0.717) is 6.04 Å². The predicted molar refractivity (Wildman–Crippen MR) is 67.4 cm³/mol. The molecule has 3 nitrogen and oxygen atoms in total. The van der Waals surface area contributed by atoms with Crippen LogP contribution in [-0.2, 0) is 12.6 Å². The van der Waals surface area contributed by atoms with Crippen LogP contribution < -0.4 is 4.57 Å². The lowest BCUT2D eigenvalue weighted by Crippen LogP contribution is -2.50. The van der Waals surface area contributed by atoms with Gasteiger partial charge in [0.1, 0.15) is 16.9 Å². The van der Waals surface area contributed by atoms with Crippen molar-refractivity contribution in [2.75, 3.05) is 7.05 Å². The molecule has 3 heteroatoms. The Balaban J connectivity index is 3.21. The number of aromatic nitrogens is 2. The van der Waals surface area contributed by atoms with Gasteiger partial charge in [0, 0.05) is 19.9 Å². The van der Waals surface area contributed by atoms with E-state index in [1.54, 1.807) is 0 Å². The fourth-order valence-electron chi connectivity index (χ4n) is 2.15. The topological polar surface area (TPSA) is 22.9 Å². The normalized spacial score (nSPS) is 12.9. The summed E-state index contributed by atoms with van der Waals surface area (Å²) in [5.74, 6) is 1.26. The SMILES string of the molecule is Cc1[nH]c(C(C)(C)N(C)C(C)C)[n+](C)c1C. The first-order valence-electron chi connectivity index (χ1n) is 5.98. The van der Waals surface area contributed by atoms with E-state index >= 15 is 0 Å². The minimum absolute atomic E-state index is 0.0158. The summed E-state index contributed by atoms with van der Waals surface area (Å²) in [6.45, 7) is 13.3. The highest BCUT2D eigenvalue weighted by atomic mass is 15.2. The number of aromatic amines is 1. The van der Waals surface area contributed by atoms with Gasteiger partial charge in [-0.05, 0) is 34.7 Å². The molecule has 0 atom stereocenters. The number of hydrogen-bond donors (Lipinski definition) is 1. The van der Waals surface area contributed by atoms with E-state index in [9.17, 15) is 0 Å². The average molecular weight is 224 g/mol. The Hall–Kier alpha value is -0.830. The zero-order chi connectivity index (χ0) is 12.7. The number of aryl methyl sites for hydroxylation is 1. The monoisotopic (exact) mass is 224 g/mol. The molecule has 0 radical (unpaired) electrons. The molecule has 0 amide bonds. The maximum atomic E-state index is 3.51. The summed E-state index contributed by atoms with van der Waals surface area (Å²) in [5, 5.41) is 0. The molecular weight excluding hydrogens is 198 g/mol. The second-order valence-electron chi connectivity index (χ2n) is 5.51. The second kappa shape index (κ2) is 4.21. The number of hydrogen-bond acceptors (Lipinski definition) is 1. The van der Waals surface area contributed by atoms with Gasteiger partial charge in [-0.2, -0.15) is 0 Å². The largest absolute Gasteiger partial charge is 0.288 e. The highest BCUT2D eigenvalue weighted by Gasteiger charge is 2.37. The van der Waals surface area contributed by atoms with E-state index in [0.717, 1.165) is 0 Å². The van der Waals surface area contributed by atoms with Gasteiger partial charge in [-0.3, -0.25) is 4.90 Å². The molecule has 1 aromatic rings. The van der Waals surface area contributed by atoms with Gasteiger partial charge >= 0.3 is 0 Å². The van der Waals surface area contributed by atoms with Crippen LogP contribution in [-0.4, -0.2) is 23.0 Å². The van der Waals surface area contributed by atoms with Gasteiger partial charge in [-0.25, -0.2) is 9.55 Å². The molecule has 0 saturated heterocycles. The Morgan fingerprint density at radius 2 is 1.75 bits per heavy atom. The third-order valence-corrected chi connectivity index (χ3v) is 3.92. The lowest BCUT2D eigenvalue weighted by Gasteiger charge is -2.35. The lowest BCUT2D eigenvalue weighted by molar-refractivity contribution is -0.689. The van der Waals surface area contributed by atoms with Crippen molar-refractivity contribution in [3.05, 3.63) is 17.2 Å². The van der Waals surface area contributed by atoms with Crippen molar-refractivity contribution in [3.63, 3.8) is 0 Å². The van der Waals surface area contributed by atoms with Crippen LogP contribution in [0.5, 0.6) is 0 Å². The molecule has 1 N–H and O–H groups in total. The third-order valence-electron chi connectivity index (χ3n) is 3.92. The van der Waals surface area contributed by atoms with E-state index in [4.69, 9.17) is 0 Å². The molecule has 16 heavy (non-hydrogen) atoms. The van der Waals surface area contributed by atoms with Crippen LogP contribution in [0.25, 0.3) is 0 Å². The maximum absolute atomic E-state index is 3.51. The van der Waals surface area contributed by atoms with Crippen molar-refractivity contribution in [1.29, 1.82) is 0 Å². The molecule has 1 heterocycles. The third kappa shape index (κ3) is 2.01. The van der Waals surface area contributed by atoms with Crippen LogP contribution in [0.15, 0.2) is 0 Å². The van der Waals surface area contributed by atoms with Gasteiger partial charge in [0.2, 0.25) is 0 Å². The van der Waals surface area contributed by atoms with Crippen molar-refractivity contribution in [1.82, 2.24) is 9.88 Å². The molecule has 0 aliphatic carbocycles. The summed E-state index contributed by atoms with van der Waals surface area (Å²) in [4.78, 5) is 5.90. The molecule has 0 aromatic carbocycles. The fraction of sp³-hybridized carbons (Fsp3) is 0.769. The molecule has 0 fully saturated rings. The lowest BCUT2D eigenvalue weighted by atomic mass is 10.0. The van der Waals surface area contributed by atoms with Crippen LogP contribution in [0, 0.1) is 13.8 Å². The van der Waals surface area contributed by atoms with E-state index in [1.807, 2.05) is 0 Å². The van der Waals surface area contributed by atoms with Crippen LogP contribution in [0.1, 0.15) is 44.9 Å². The standard InChI is InChI=1S/C13H25N3/c1-9(2)16(8)13(5,6)12-14-10(3)11(4)15(12)7/h9H,1-8H3/p+1. The van der Waals surface area contributed by atoms with Gasteiger partial charge in [-0.15, -0.1) is 0 Å². The van der Waals surface area contributed by atoms with Gasteiger partial charge in [0.05, 0.1) is 7.05 Å². The number of H-pyrrole nitrogens is 1. The fourth-order valence-corrected chi connectivity index (χ4v) is 2.15. The van der Waals surface area contributed by atoms with E-state index in [2.05, 4.69) is 70.1 Å². The highest BCUT2D eigenvalue weighted by Crippen LogP contribution is 2.25. The minimum atomic E-state index is 0.0158. The Kier molecular flexibility index (Phi) is 3.48. The minimum Gasteiger partial charge on any atom is -0.288 e. The van der Waals surface area contributed by atoms with Crippen molar-refractivity contribution in [2.45, 2.75) is 53.1 Å². The Bertz CT molecular complexity index is 375. The number of imidazole rings is 1. The molecule has 0 unspecified atom stereocenters. The number of nitrogens with one attached hydrogen (secondary N) is 1. The molecule has 92 valence electrons. The predicted octanol–water partition coefficient (Wildman–Crippen LogP) is 2.03. The Morgan fingerprint density at radius 1 is 1.25 bits per heavy atom. The van der Waals surface area contributed by atoms with E-state index < -0.39 is 0 Å². The smallest absolute Gasteiger partial charge is 0.274 e. The summed E-state index contributed by atoms with van der Waals surface area (Å²) in [6, 6.07) is 0.527. The van der Waals surface area contributed by atoms with Crippen LogP contribution in [0.2, 0.25) is 0 Å². The van der Waals surface area contributed by atoms with Gasteiger partial charge in [0.25, 0.3) is 5.82 Å². The zero-order valence-corrected chi connectivity index (χ0v) is 12.0. The Morgan fingerprint density at radius 3 is 2.06 bits per heavy atom. The zero-order valence-electron chi connectivity index (χ0n) is 12.0. The van der Waals surface area contributed by atoms with Gasteiger partial charge in [0.15, 0.2) is 0 Å². The van der Waals surface area contributed by atoms with Crippen LogP contribution in [0.3, 0.4) is 0 Å². The quantitative estimate of drug-likeness (QED) is 0.780. The van der Waals surface area contributed by atoms with Gasteiger partial charge in [-0.1, -0.05) is 0 Å².